The average molecular weight is 291 g/mol. The first-order chi connectivity index (χ1) is 8.45. The van der Waals surface area contributed by atoms with Crippen molar-refractivity contribution in [2.45, 2.75) is 33.0 Å². The Kier molecular flexibility index (Phi) is 7.59. The molecule has 1 rings (SSSR count). The van der Waals surface area contributed by atoms with Crippen LogP contribution >= 0.6 is 12.4 Å². The third kappa shape index (κ3) is 5.14. The lowest BCUT2D eigenvalue weighted by Gasteiger charge is -2.15. The zero-order chi connectivity index (χ0) is 13.7. The molecule has 0 bridgehead atoms. The number of nitrogens with two attached hydrogens (primary N) is 1. The first-order valence-corrected chi connectivity index (χ1v) is 5.87. The molecule has 0 saturated heterocycles. The fraction of sp³-hybridized carbons (Fsp3) is 0.462. The predicted octanol–water partition coefficient (Wildman–Crippen LogP) is 1.34. The highest BCUT2D eigenvalue weighted by Gasteiger charge is 2.16. The van der Waals surface area contributed by atoms with E-state index in [0.29, 0.717) is 5.56 Å². The Morgan fingerprint density at radius 1 is 1.47 bits per heavy atom. The fourth-order valence-corrected chi connectivity index (χ4v) is 1.42. The molecule has 0 spiro atoms. The lowest BCUT2D eigenvalue weighted by molar-refractivity contribution is -0.125. The molecule has 6 heteroatoms. The van der Waals surface area contributed by atoms with E-state index in [1.807, 2.05) is 0 Å². The highest BCUT2D eigenvalue weighted by Crippen LogP contribution is 2.10. The molecule has 0 saturated carbocycles. The van der Waals surface area contributed by atoms with Gasteiger partial charge in [-0.1, -0.05) is 19.1 Å². The fourth-order valence-electron chi connectivity index (χ4n) is 1.42. The Bertz CT molecular complexity index is 427. The number of amides is 1. The Balaban J connectivity index is 0.00000324. The Labute approximate surface area is 118 Å². The van der Waals surface area contributed by atoms with Crippen molar-refractivity contribution in [3.63, 3.8) is 0 Å². The monoisotopic (exact) mass is 290 g/mol. The van der Waals surface area contributed by atoms with Gasteiger partial charge < -0.3 is 16.2 Å². The van der Waals surface area contributed by atoms with Crippen molar-refractivity contribution >= 4 is 18.3 Å². The molecule has 2 unspecified atom stereocenters. The summed E-state index contributed by atoms with van der Waals surface area (Å²) in [4.78, 5) is 11.6. The van der Waals surface area contributed by atoms with Gasteiger partial charge in [0.25, 0.3) is 0 Å². The molecule has 0 heterocycles. The van der Waals surface area contributed by atoms with Crippen molar-refractivity contribution < 1.29 is 14.3 Å². The summed E-state index contributed by atoms with van der Waals surface area (Å²) < 4.78 is 13.4. The van der Waals surface area contributed by atoms with E-state index in [1.165, 1.54) is 12.1 Å². The lowest BCUT2D eigenvalue weighted by atomic mass is 10.0. The molecule has 0 aromatic heterocycles. The van der Waals surface area contributed by atoms with E-state index in [9.17, 15) is 9.18 Å². The normalized spacial score (nSPS) is 13.3. The Hall–Kier alpha value is -1.17. The van der Waals surface area contributed by atoms with E-state index in [0.717, 1.165) is 0 Å². The molecule has 0 fully saturated rings. The number of hydrogen-bond donors (Lipinski definition) is 3. The summed E-state index contributed by atoms with van der Waals surface area (Å²) in [5, 5.41) is 11.5. The van der Waals surface area contributed by atoms with E-state index >= 15 is 0 Å². The number of aliphatic hydroxyl groups excluding tert-OH is 1. The third-order valence-corrected chi connectivity index (χ3v) is 2.96. The quantitative estimate of drug-likeness (QED) is 0.766. The maximum Gasteiger partial charge on any atom is 0.224 e. The first kappa shape index (κ1) is 17.8. The first-order valence-electron chi connectivity index (χ1n) is 5.87. The molecule has 0 radical (unpaired) electrons. The number of carbonyl (C=O) groups is 1. The minimum absolute atomic E-state index is 0. The highest BCUT2D eigenvalue weighted by atomic mass is 35.5. The van der Waals surface area contributed by atoms with Crippen molar-refractivity contribution in [1.82, 2.24) is 5.32 Å². The maximum absolute atomic E-state index is 13.4. The van der Waals surface area contributed by atoms with Crippen LogP contribution in [0.1, 0.15) is 25.0 Å². The Morgan fingerprint density at radius 2 is 2.11 bits per heavy atom. The summed E-state index contributed by atoms with van der Waals surface area (Å²) in [6, 6.07) is 4.26. The van der Waals surface area contributed by atoms with E-state index in [1.54, 1.807) is 19.9 Å². The van der Waals surface area contributed by atoms with Crippen LogP contribution in [0.4, 0.5) is 4.39 Å². The van der Waals surface area contributed by atoms with Gasteiger partial charge in [-0.05, 0) is 18.6 Å². The van der Waals surface area contributed by atoms with E-state index in [4.69, 9.17) is 10.8 Å². The predicted molar refractivity (Wildman–Crippen MR) is 74.2 cm³/mol. The van der Waals surface area contributed by atoms with Crippen LogP contribution in [0.5, 0.6) is 0 Å². The van der Waals surface area contributed by atoms with Gasteiger partial charge in [-0.15, -0.1) is 12.4 Å². The molecular formula is C13H20ClFN2O2. The third-order valence-electron chi connectivity index (χ3n) is 2.96. The summed E-state index contributed by atoms with van der Waals surface area (Å²) in [6.45, 7) is 3.42. The summed E-state index contributed by atoms with van der Waals surface area (Å²) in [5.74, 6) is -0.910. The summed E-state index contributed by atoms with van der Waals surface area (Å²) >= 11 is 0. The minimum Gasteiger partial charge on any atom is -0.392 e. The van der Waals surface area contributed by atoms with Crippen LogP contribution < -0.4 is 11.1 Å². The number of rotatable bonds is 5. The molecule has 2 atom stereocenters. The van der Waals surface area contributed by atoms with Gasteiger partial charge >= 0.3 is 0 Å². The molecule has 0 aliphatic heterocycles. The van der Waals surface area contributed by atoms with Crippen LogP contribution in [-0.2, 0) is 17.9 Å². The lowest BCUT2D eigenvalue weighted by Crippen LogP contribution is -2.38. The number of benzene rings is 1. The SMILES string of the molecule is CC(N)C(C)C(=O)NCc1ccc(CO)c(F)c1.Cl. The molecule has 1 aromatic rings. The number of hydrogen-bond acceptors (Lipinski definition) is 3. The van der Waals surface area contributed by atoms with Crippen LogP contribution in [0.3, 0.4) is 0 Å². The largest absolute Gasteiger partial charge is 0.392 e. The van der Waals surface area contributed by atoms with Crippen LogP contribution in [0.2, 0.25) is 0 Å². The minimum atomic E-state index is -0.468. The van der Waals surface area contributed by atoms with Gasteiger partial charge in [0.05, 0.1) is 6.61 Å². The molecule has 19 heavy (non-hydrogen) atoms. The summed E-state index contributed by atoms with van der Waals surface area (Å²) in [6.07, 6.45) is 0. The smallest absolute Gasteiger partial charge is 0.224 e. The topological polar surface area (TPSA) is 75.4 Å². The zero-order valence-electron chi connectivity index (χ0n) is 11.0. The second-order valence-electron chi connectivity index (χ2n) is 4.45. The highest BCUT2D eigenvalue weighted by molar-refractivity contribution is 5.85. The molecule has 4 N–H and O–H groups in total. The molecule has 0 aliphatic rings. The summed E-state index contributed by atoms with van der Waals surface area (Å²) in [5.41, 5.74) is 6.51. The molecular weight excluding hydrogens is 271 g/mol. The van der Waals surface area contributed by atoms with Crippen LogP contribution in [0.15, 0.2) is 18.2 Å². The van der Waals surface area contributed by atoms with E-state index in [-0.39, 0.29) is 49.0 Å². The second-order valence-corrected chi connectivity index (χ2v) is 4.45. The number of halogens is 2. The molecule has 0 aliphatic carbocycles. The van der Waals surface area contributed by atoms with Crippen LogP contribution in [-0.4, -0.2) is 17.1 Å². The van der Waals surface area contributed by atoms with Gasteiger partial charge in [0.2, 0.25) is 5.91 Å². The van der Waals surface area contributed by atoms with E-state index < -0.39 is 5.82 Å². The standard InChI is InChI=1S/C13H19FN2O2.ClH/c1-8(9(2)15)13(18)16-6-10-3-4-11(7-17)12(14)5-10;/h3-5,8-9,17H,6-7,15H2,1-2H3,(H,16,18);1H. The average Bonchev–Trinajstić information content (AvgIpc) is 2.35. The van der Waals surface area contributed by atoms with Crippen molar-refractivity contribution in [2.75, 3.05) is 0 Å². The van der Waals surface area contributed by atoms with Gasteiger partial charge in [-0.2, -0.15) is 0 Å². The zero-order valence-corrected chi connectivity index (χ0v) is 11.8. The van der Waals surface area contributed by atoms with Gasteiger partial charge in [-0.25, -0.2) is 4.39 Å². The maximum atomic E-state index is 13.4. The van der Waals surface area contributed by atoms with Crippen molar-refractivity contribution in [3.8, 4) is 0 Å². The van der Waals surface area contributed by atoms with Crippen LogP contribution in [0.25, 0.3) is 0 Å². The summed E-state index contributed by atoms with van der Waals surface area (Å²) in [7, 11) is 0. The van der Waals surface area contributed by atoms with Crippen LogP contribution in [0, 0.1) is 11.7 Å². The van der Waals surface area contributed by atoms with Gasteiger partial charge in [-0.3, -0.25) is 4.79 Å². The number of nitrogens with one attached hydrogen (secondary N) is 1. The second kappa shape index (κ2) is 8.09. The number of carbonyl (C=O) groups excluding carboxylic acids is 1. The van der Waals surface area contributed by atoms with Gasteiger partial charge in [0.1, 0.15) is 5.82 Å². The molecule has 108 valence electrons. The van der Waals surface area contributed by atoms with Gasteiger partial charge in [0, 0.05) is 24.1 Å². The van der Waals surface area contributed by atoms with Gasteiger partial charge in [0.15, 0.2) is 0 Å². The Morgan fingerprint density at radius 3 is 2.58 bits per heavy atom. The molecule has 4 nitrogen and oxygen atoms in total. The van der Waals surface area contributed by atoms with Crippen molar-refractivity contribution in [1.29, 1.82) is 0 Å². The molecule has 1 aromatic carbocycles. The number of aliphatic hydroxyl groups is 1. The van der Waals surface area contributed by atoms with E-state index in [2.05, 4.69) is 5.32 Å². The van der Waals surface area contributed by atoms with Crippen molar-refractivity contribution in [3.05, 3.63) is 35.1 Å². The van der Waals surface area contributed by atoms with Crippen molar-refractivity contribution in [2.24, 2.45) is 11.7 Å². The molecule has 1 amide bonds.